The van der Waals surface area contributed by atoms with E-state index in [-0.39, 0.29) is 5.56 Å². The summed E-state index contributed by atoms with van der Waals surface area (Å²) >= 11 is 0. The lowest BCUT2D eigenvalue weighted by molar-refractivity contribution is 0.131. The van der Waals surface area contributed by atoms with Gasteiger partial charge in [0.05, 0.1) is 11.4 Å². The first kappa shape index (κ1) is 16.2. The number of amides is 1. The number of carbonyl (C=O) groups excluding carboxylic acids is 1. The van der Waals surface area contributed by atoms with Gasteiger partial charge in [-0.3, -0.25) is 4.98 Å². The molecule has 2 aromatic carbocycles. The van der Waals surface area contributed by atoms with Crippen molar-refractivity contribution in [2.45, 2.75) is 12.1 Å². The van der Waals surface area contributed by atoms with Gasteiger partial charge in [-0.05, 0) is 24.3 Å². The standard InChI is InChI=1S/C20H14F2N2O2/c21-14-9-13(10-15(22)11-14)19-18(24-20(25)26-19)17-8-4-7-16(23-17)12-5-2-1-3-6-12/h1-11,18-19H,(H,24,25)/t18-,19-/m1/s1. The van der Waals surface area contributed by atoms with E-state index in [0.717, 1.165) is 29.5 Å². The van der Waals surface area contributed by atoms with Crippen LogP contribution in [0.4, 0.5) is 13.6 Å². The second kappa shape index (κ2) is 6.55. The molecular weight excluding hydrogens is 338 g/mol. The number of nitrogens with one attached hydrogen (secondary N) is 1. The summed E-state index contributed by atoms with van der Waals surface area (Å²) in [5, 5.41) is 2.67. The summed E-state index contributed by atoms with van der Waals surface area (Å²) in [7, 11) is 0. The first-order chi connectivity index (χ1) is 12.6. The van der Waals surface area contributed by atoms with Gasteiger partial charge in [0, 0.05) is 17.2 Å². The normalized spacial score (nSPS) is 19.1. The maximum absolute atomic E-state index is 13.6. The topological polar surface area (TPSA) is 51.2 Å². The Labute approximate surface area is 148 Å². The van der Waals surface area contributed by atoms with Crippen molar-refractivity contribution in [3.63, 3.8) is 0 Å². The molecule has 2 atom stereocenters. The van der Waals surface area contributed by atoms with Gasteiger partial charge in [0.1, 0.15) is 17.7 Å². The highest BCUT2D eigenvalue weighted by molar-refractivity contribution is 5.71. The quantitative estimate of drug-likeness (QED) is 0.752. The van der Waals surface area contributed by atoms with Crippen molar-refractivity contribution in [1.29, 1.82) is 0 Å². The Morgan fingerprint density at radius 1 is 0.923 bits per heavy atom. The summed E-state index contributed by atoms with van der Waals surface area (Å²) in [6.07, 6.45) is -1.53. The van der Waals surface area contributed by atoms with E-state index in [1.54, 1.807) is 6.07 Å². The SMILES string of the molecule is O=C1N[C@H](c2cccc(-c3ccccc3)n2)[C@@H](c2cc(F)cc(F)c2)O1. The maximum Gasteiger partial charge on any atom is 0.408 e. The van der Waals surface area contributed by atoms with E-state index >= 15 is 0 Å². The number of hydrogen-bond donors (Lipinski definition) is 1. The van der Waals surface area contributed by atoms with E-state index in [1.807, 2.05) is 42.5 Å². The molecule has 26 heavy (non-hydrogen) atoms. The molecule has 1 N–H and O–H groups in total. The Hall–Kier alpha value is -3.28. The third-order valence-corrected chi connectivity index (χ3v) is 4.18. The number of halogens is 2. The molecule has 3 aromatic rings. The molecule has 0 unspecified atom stereocenters. The van der Waals surface area contributed by atoms with Crippen molar-refractivity contribution < 1.29 is 18.3 Å². The average molecular weight is 352 g/mol. The molecule has 2 heterocycles. The van der Waals surface area contributed by atoms with Crippen molar-refractivity contribution in [3.05, 3.63) is 89.6 Å². The van der Waals surface area contributed by atoms with E-state index in [9.17, 15) is 13.6 Å². The minimum absolute atomic E-state index is 0.234. The summed E-state index contributed by atoms with van der Waals surface area (Å²) in [5.41, 5.74) is 2.44. The fourth-order valence-corrected chi connectivity index (χ4v) is 3.04. The summed E-state index contributed by atoms with van der Waals surface area (Å²) in [6, 6.07) is 17.4. The molecular formula is C20H14F2N2O2. The molecule has 1 amide bonds. The van der Waals surface area contributed by atoms with Gasteiger partial charge >= 0.3 is 6.09 Å². The number of benzene rings is 2. The first-order valence-corrected chi connectivity index (χ1v) is 8.06. The van der Waals surface area contributed by atoms with Crippen LogP contribution in [0.2, 0.25) is 0 Å². The zero-order valence-electron chi connectivity index (χ0n) is 13.5. The molecule has 0 aliphatic carbocycles. The van der Waals surface area contributed by atoms with Crippen LogP contribution in [0.1, 0.15) is 23.4 Å². The van der Waals surface area contributed by atoms with Crippen LogP contribution in [0.3, 0.4) is 0 Å². The van der Waals surface area contributed by atoms with Crippen molar-refractivity contribution in [2.24, 2.45) is 0 Å². The van der Waals surface area contributed by atoms with Gasteiger partial charge in [0.25, 0.3) is 0 Å². The maximum atomic E-state index is 13.6. The van der Waals surface area contributed by atoms with Crippen molar-refractivity contribution in [2.75, 3.05) is 0 Å². The molecule has 0 spiro atoms. The van der Waals surface area contributed by atoms with E-state index in [1.165, 1.54) is 0 Å². The lowest BCUT2D eigenvalue weighted by Gasteiger charge is -2.17. The van der Waals surface area contributed by atoms with Gasteiger partial charge in [-0.15, -0.1) is 0 Å². The zero-order chi connectivity index (χ0) is 18.1. The van der Waals surface area contributed by atoms with Crippen LogP contribution in [-0.4, -0.2) is 11.1 Å². The molecule has 4 nitrogen and oxygen atoms in total. The second-order valence-corrected chi connectivity index (χ2v) is 5.96. The molecule has 6 heteroatoms. The Kier molecular flexibility index (Phi) is 4.08. The third-order valence-electron chi connectivity index (χ3n) is 4.18. The van der Waals surface area contributed by atoms with Crippen LogP contribution in [0.15, 0.2) is 66.7 Å². The highest BCUT2D eigenvalue weighted by atomic mass is 19.1. The van der Waals surface area contributed by atoms with Gasteiger partial charge in [-0.25, -0.2) is 13.6 Å². The lowest BCUT2D eigenvalue weighted by Crippen LogP contribution is -2.20. The van der Waals surface area contributed by atoms with Crippen molar-refractivity contribution in [1.82, 2.24) is 10.3 Å². The number of nitrogens with zero attached hydrogens (tertiary/aromatic N) is 1. The van der Waals surface area contributed by atoms with Gasteiger partial charge in [-0.2, -0.15) is 0 Å². The Morgan fingerprint density at radius 3 is 2.38 bits per heavy atom. The van der Waals surface area contributed by atoms with Gasteiger partial charge in [-0.1, -0.05) is 36.4 Å². The first-order valence-electron chi connectivity index (χ1n) is 8.06. The van der Waals surface area contributed by atoms with E-state index in [0.29, 0.717) is 5.69 Å². The fourth-order valence-electron chi connectivity index (χ4n) is 3.04. The number of pyridine rings is 1. The number of rotatable bonds is 3. The molecule has 1 saturated heterocycles. The Bertz CT molecular complexity index is 943. The minimum atomic E-state index is -0.869. The van der Waals surface area contributed by atoms with Gasteiger partial charge in [0.15, 0.2) is 6.10 Å². The number of hydrogen-bond acceptors (Lipinski definition) is 3. The van der Waals surface area contributed by atoms with Gasteiger partial charge < -0.3 is 10.1 Å². The number of aromatic nitrogens is 1. The predicted molar refractivity (Wildman–Crippen MR) is 91.1 cm³/mol. The summed E-state index contributed by atoms with van der Waals surface area (Å²) in [5.74, 6) is -1.46. The van der Waals surface area contributed by atoms with Crippen LogP contribution in [-0.2, 0) is 4.74 Å². The van der Waals surface area contributed by atoms with E-state index < -0.39 is 29.9 Å². The molecule has 1 fully saturated rings. The number of ether oxygens (including phenoxy) is 1. The molecule has 1 aliphatic rings. The van der Waals surface area contributed by atoms with Crippen LogP contribution in [0.25, 0.3) is 11.3 Å². The Morgan fingerprint density at radius 2 is 1.65 bits per heavy atom. The monoisotopic (exact) mass is 352 g/mol. The number of carbonyl (C=O) groups is 1. The lowest BCUT2D eigenvalue weighted by atomic mass is 9.99. The smallest absolute Gasteiger partial charge is 0.408 e. The molecule has 0 bridgehead atoms. The van der Waals surface area contributed by atoms with E-state index in [4.69, 9.17) is 4.74 Å². The summed E-state index contributed by atoms with van der Waals surface area (Å²) in [6.45, 7) is 0. The van der Waals surface area contributed by atoms with E-state index in [2.05, 4.69) is 10.3 Å². The largest absolute Gasteiger partial charge is 0.439 e. The van der Waals surface area contributed by atoms with Crippen LogP contribution in [0, 0.1) is 11.6 Å². The second-order valence-electron chi connectivity index (χ2n) is 5.96. The highest BCUT2D eigenvalue weighted by Gasteiger charge is 2.37. The van der Waals surface area contributed by atoms with Crippen LogP contribution >= 0.6 is 0 Å². The third kappa shape index (κ3) is 3.13. The number of cyclic esters (lactones) is 1. The fraction of sp³-hybridized carbons (Fsp3) is 0.100. The molecule has 0 saturated carbocycles. The molecule has 4 rings (SSSR count). The number of alkyl carbamates (subject to hydrolysis) is 1. The van der Waals surface area contributed by atoms with Crippen LogP contribution < -0.4 is 5.32 Å². The van der Waals surface area contributed by atoms with Gasteiger partial charge in [0.2, 0.25) is 0 Å². The summed E-state index contributed by atoms with van der Waals surface area (Å²) in [4.78, 5) is 16.4. The van der Waals surface area contributed by atoms with Crippen molar-refractivity contribution >= 4 is 6.09 Å². The molecule has 0 radical (unpaired) electrons. The average Bonchev–Trinajstić information content (AvgIpc) is 3.04. The zero-order valence-corrected chi connectivity index (χ0v) is 13.5. The van der Waals surface area contributed by atoms with Crippen LogP contribution in [0.5, 0.6) is 0 Å². The molecule has 1 aromatic heterocycles. The predicted octanol–water partition coefficient (Wildman–Crippen LogP) is 4.55. The highest BCUT2D eigenvalue weighted by Crippen LogP contribution is 2.37. The summed E-state index contributed by atoms with van der Waals surface area (Å²) < 4.78 is 32.4. The van der Waals surface area contributed by atoms with Crippen molar-refractivity contribution in [3.8, 4) is 11.3 Å². The molecule has 1 aliphatic heterocycles. The Balaban J connectivity index is 1.72. The minimum Gasteiger partial charge on any atom is -0.439 e. The molecule has 130 valence electrons.